The second kappa shape index (κ2) is 7.69. The van der Waals surface area contributed by atoms with Crippen molar-refractivity contribution in [3.05, 3.63) is 36.2 Å². The molecule has 0 bridgehead atoms. The summed E-state index contributed by atoms with van der Waals surface area (Å²) in [6.07, 6.45) is 2.23. The summed E-state index contributed by atoms with van der Waals surface area (Å²) in [6, 6.07) is 9.37. The van der Waals surface area contributed by atoms with Gasteiger partial charge in [0.15, 0.2) is 0 Å². The smallest absolute Gasteiger partial charge is 0.321 e. The van der Waals surface area contributed by atoms with Gasteiger partial charge in [-0.2, -0.15) is 0 Å². The molecule has 2 N–H and O–H groups in total. The number of urea groups is 1. The van der Waals surface area contributed by atoms with E-state index in [1.807, 2.05) is 35.0 Å². The standard InChI is InChI=1S/C17H21N5O2S/c1-3-18-16(24)20-15(23)11(2)25-17-19-14(12-9-10-12)22(21-17)13-7-5-4-6-8-13/h4-8,11-12H,3,9-10H2,1-2H3,(H2,18,20,23,24)/t11-/m1/s1. The quantitative estimate of drug-likeness (QED) is 0.774. The minimum absolute atomic E-state index is 0.361. The van der Waals surface area contributed by atoms with Crippen LogP contribution in [0.25, 0.3) is 5.69 Å². The number of nitrogens with zero attached hydrogens (tertiary/aromatic N) is 3. The fourth-order valence-electron chi connectivity index (χ4n) is 2.35. The SMILES string of the molecule is CCNC(=O)NC(=O)[C@@H](C)Sc1nc(C2CC2)n(-c2ccccc2)n1. The van der Waals surface area contributed by atoms with Crippen LogP contribution < -0.4 is 10.6 Å². The van der Waals surface area contributed by atoms with Crippen molar-refractivity contribution in [1.82, 2.24) is 25.4 Å². The summed E-state index contributed by atoms with van der Waals surface area (Å²) in [5.41, 5.74) is 0.961. The predicted molar refractivity (Wildman–Crippen MR) is 95.9 cm³/mol. The number of imide groups is 1. The summed E-state index contributed by atoms with van der Waals surface area (Å²) in [4.78, 5) is 28.2. The molecule has 0 saturated heterocycles. The molecule has 1 saturated carbocycles. The number of aromatic nitrogens is 3. The first-order chi connectivity index (χ1) is 12.1. The Morgan fingerprint density at radius 1 is 1.32 bits per heavy atom. The zero-order valence-corrected chi connectivity index (χ0v) is 15.0. The molecular formula is C17H21N5O2S. The monoisotopic (exact) mass is 359 g/mol. The summed E-state index contributed by atoms with van der Waals surface area (Å²) in [6.45, 7) is 4.00. The largest absolute Gasteiger partial charge is 0.338 e. The molecular weight excluding hydrogens is 338 g/mol. The van der Waals surface area contributed by atoms with Crippen LogP contribution in [0.2, 0.25) is 0 Å². The van der Waals surface area contributed by atoms with Crippen LogP contribution in [0, 0.1) is 0 Å². The molecule has 7 nitrogen and oxygen atoms in total. The number of rotatable bonds is 6. The van der Waals surface area contributed by atoms with E-state index in [2.05, 4.69) is 20.7 Å². The molecule has 3 rings (SSSR count). The first-order valence-corrected chi connectivity index (χ1v) is 9.24. The maximum atomic E-state index is 12.1. The van der Waals surface area contributed by atoms with Crippen LogP contribution in [0.5, 0.6) is 0 Å². The van der Waals surface area contributed by atoms with Gasteiger partial charge in [-0.25, -0.2) is 14.5 Å². The lowest BCUT2D eigenvalue weighted by molar-refractivity contribution is -0.119. The van der Waals surface area contributed by atoms with Gasteiger partial charge < -0.3 is 5.32 Å². The second-order valence-electron chi connectivity index (χ2n) is 5.88. The lowest BCUT2D eigenvalue weighted by Gasteiger charge is -2.09. The number of nitrogens with one attached hydrogen (secondary N) is 2. The van der Waals surface area contributed by atoms with Crippen molar-refractivity contribution in [2.75, 3.05) is 6.54 Å². The molecule has 8 heteroatoms. The molecule has 1 aliphatic carbocycles. The fourth-order valence-corrected chi connectivity index (χ4v) is 3.11. The Hall–Kier alpha value is -2.35. The molecule has 0 aliphatic heterocycles. The molecule has 132 valence electrons. The molecule has 0 radical (unpaired) electrons. The maximum absolute atomic E-state index is 12.1. The van der Waals surface area contributed by atoms with Crippen LogP contribution in [0.3, 0.4) is 0 Å². The summed E-state index contributed by atoms with van der Waals surface area (Å²) < 4.78 is 1.86. The summed E-state index contributed by atoms with van der Waals surface area (Å²) in [5.74, 6) is 1.01. The van der Waals surface area contributed by atoms with Crippen LogP contribution in [0.4, 0.5) is 4.79 Å². The Morgan fingerprint density at radius 2 is 2.04 bits per heavy atom. The van der Waals surface area contributed by atoms with E-state index in [1.165, 1.54) is 11.8 Å². The second-order valence-corrected chi connectivity index (χ2v) is 7.19. The minimum atomic E-state index is -0.485. The number of carbonyl (C=O) groups is 2. The fraction of sp³-hybridized carbons (Fsp3) is 0.412. The molecule has 1 aliphatic rings. The van der Waals surface area contributed by atoms with E-state index in [9.17, 15) is 9.59 Å². The lowest BCUT2D eigenvalue weighted by Crippen LogP contribution is -2.42. The van der Waals surface area contributed by atoms with Crippen molar-refractivity contribution in [3.63, 3.8) is 0 Å². The van der Waals surface area contributed by atoms with Gasteiger partial charge in [-0.1, -0.05) is 30.0 Å². The van der Waals surface area contributed by atoms with Gasteiger partial charge in [0.25, 0.3) is 0 Å². The van der Waals surface area contributed by atoms with Crippen molar-refractivity contribution in [2.24, 2.45) is 0 Å². The predicted octanol–water partition coefficient (Wildman–Crippen LogP) is 2.47. The zero-order chi connectivity index (χ0) is 17.8. The van der Waals surface area contributed by atoms with E-state index in [0.717, 1.165) is 24.4 Å². The molecule has 1 aromatic carbocycles. The molecule has 2 aromatic rings. The van der Waals surface area contributed by atoms with E-state index in [4.69, 9.17) is 0 Å². The number of hydrogen-bond acceptors (Lipinski definition) is 5. The van der Waals surface area contributed by atoms with Gasteiger partial charge in [-0.3, -0.25) is 10.1 Å². The summed E-state index contributed by atoms with van der Waals surface area (Å²) >= 11 is 1.25. The third kappa shape index (κ3) is 4.39. The van der Waals surface area contributed by atoms with Crippen molar-refractivity contribution in [1.29, 1.82) is 0 Å². The van der Waals surface area contributed by atoms with E-state index >= 15 is 0 Å². The summed E-state index contributed by atoms with van der Waals surface area (Å²) in [5, 5.41) is 9.50. The first-order valence-electron chi connectivity index (χ1n) is 8.36. The highest BCUT2D eigenvalue weighted by Gasteiger charge is 2.31. The van der Waals surface area contributed by atoms with Crippen LogP contribution >= 0.6 is 11.8 Å². The highest BCUT2D eigenvalue weighted by atomic mass is 32.2. The van der Waals surface area contributed by atoms with Crippen molar-refractivity contribution in [3.8, 4) is 5.69 Å². The van der Waals surface area contributed by atoms with Gasteiger partial charge in [0.1, 0.15) is 5.82 Å². The number of amides is 3. The average Bonchev–Trinajstić information content (AvgIpc) is 3.36. The Kier molecular flexibility index (Phi) is 5.37. The van der Waals surface area contributed by atoms with Crippen molar-refractivity contribution in [2.45, 2.75) is 43.0 Å². The molecule has 1 heterocycles. The Labute approximate surface area is 150 Å². The Morgan fingerprint density at radius 3 is 2.68 bits per heavy atom. The average molecular weight is 359 g/mol. The maximum Gasteiger partial charge on any atom is 0.321 e. The third-order valence-corrected chi connectivity index (χ3v) is 4.73. The molecule has 1 fully saturated rings. The van der Waals surface area contributed by atoms with Gasteiger partial charge in [0.05, 0.1) is 10.9 Å². The number of para-hydroxylation sites is 1. The zero-order valence-electron chi connectivity index (χ0n) is 14.2. The van der Waals surface area contributed by atoms with Gasteiger partial charge in [0, 0.05) is 12.5 Å². The molecule has 25 heavy (non-hydrogen) atoms. The van der Waals surface area contributed by atoms with Crippen LogP contribution in [-0.2, 0) is 4.79 Å². The van der Waals surface area contributed by atoms with Crippen LogP contribution in [0.1, 0.15) is 38.4 Å². The van der Waals surface area contributed by atoms with Gasteiger partial charge in [0.2, 0.25) is 11.1 Å². The normalized spacial score (nSPS) is 14.8. The van der Waals surface area contributed by atoms with Crippen LogP contribution in [-0.4, -0.2) is 38.5 Å². The number of benzene rings is 1. The van der Waals surface area contributed by atoms with Gasteiger partial charge in [-0.15, -0.1) is 5.10 Å². The van der Waals surface area contributed by atoms with E-state index in [0.29, 0.717) is 17.6 Å². The summed E-state index contributed by atoms with van der Waals surface area (Å²) in [7, 11) is 0. The minimum Gasteiger partial charge on any atom is -0.338 e. The molecule has 0 unspecified atom stereocenters. The van der Waals surface area contributed by atoms with Gasteiger partial charge >= 0.3 is 6.03 Å². The van der Waals surface area contributed by atoms with Crippen molar-refractivity contribution >= 4 is 23.7 Å². The van der Waals surface area contributed by atoms with Crippen molar-refractivity contribution < 1.29 is 9.59 Å². The number of hydrogen-bond donors (Lipinski definition) is 2. The number of carbonyl (C=O) groups excluding carboxylic acids is 2. The van der Waals surface area contributed by atoms with Crippen LogP contribution in [0.15, 0.2) is 35.5 Å². The first kappa shape index (κ1) is 17.5. The Balaban J connectivity index is 1.73. The van der Waals surface area contributed by atoms with E-state index in [-0.39, 0.29) is 5.91 Å². The molecule has 1 aromatic heterocycles. The molecule has 1 atom stereocenters. The van der Waals surface area contributed by atoms with E-state index < -0.39 is 11.3 Å². The molecule has 3 amide bonds. The van der Waals surface area contributed by atoms with E-state index in [1.54, 1.807) is 13.8 Å². The molecule has 0 spiro atoms. The number of thioether (sulfide) groups is 1. The highest BCUT2D eigenvalue weighted by molar-refractivity contribution is 8.00. The Bertz CT molecular complexity index is 758. The lowest BCUT2D eigenvalue weighted by atomic mass is 10.3. The topological polar surface area (TPSA) is 88.9 Å². The van der Waals surface area contributed by atoms with Gasteiger partial charge in [-0.05, 0) is 38.8 Å². The third-order valence-electron chi connectivity index (χ3n) is 3.78. The highest BCUT2D eigenvalue weighted by Crippen LogP contribution is 2.40.